The first kappa shape index (κ1) is 15.7. The molecule has 2 N–H and O–H groups in total. The van der Waals surface area contributed by atoms with E-state index in [-0.39, 0.29) is 29.3 Å². The number of carbonyl (C=O) groups excluding carboxylic acids is 1. The minimum Gasteiger partial charge on any atom is -0.377 e. The van der Waals surface area contributed by atoms with Crippen LogP contribution in [0.15, 0.2) is 24.3 Å². The first-order valence-corrected chi connectivity index (χ1v) is 7.83. The zero-order chi connectivity index (χ0) is 16.6. The number of ether oxygens (including phenoxy) is 1. The van der Waals surface area contributed by atoms with E-state index in [2.05, 4.69) is 24.5 Å². The van der Waals surface area contributed by atoms with Crippen LogP contribution >= 0.6 is 0 Å². The summed E-state index contributed by atoms with van der Waals surface area (Å²) in [4.78, 5) is 22.4. The lowest BCUT2D eigenvalue weighted by molar-refractivity contribution is -0.384. The molecule has 124 valence electrons. The van der Waals surface area contributed by atoms with Gasteiger partial charge in [-0.2, -0.15) is 0 Å². The molecule has 1 saturated carbocycles. The minimum atomic E-state index is -0.468. The Bertz CT molecular complexity index is 614. The lowest BCUT2D eigenvalue weighted by Gasteiger charge is -2.59. The van der Waals surface area contributed by atoms with Crippen molar-refractivity contribution in [3.05, 3.63) is 34.4 Å². The number of hydrogen-bond acceptors (Lipinski definition) is 4. The van der Waals surface area contributed by atoms with Crippen molar-refractivity contribution in [2.24, 2.45) is 11.3 Å². The number of anilines is 1. The van der Waals surface area contributed by atoms with Gasteiger partial charge in [-0.1, -0.05) is 13.8 Å². The van der Waals surface area contributed by atoms with Crippen LogP contribution in [-0.4, -0.2) is 29.7 Å². The Kier molecular flexibility index (Phi) is 3.97. The number of nitrogens with zero attached hydrogens (tertiary/aromatic N) is 1. The summed E-state index contributed by atoms with van der Waals surface area (Å²) in [6, 6.07) is 5.57. The summed E-state index contributed by atoms with van der Waals surface area (Å²) in [5, 5.41) is 16.4. The van der Waals surface area contributed by atoms with E-state index in [1.54, 1.807) is 0 Å². The topological polar surface area (TPSA) is 93.5 Å². The van der Waals surface area contributed by atoms with Gasteiger partial charge in [0.25, 0.3) is 5.69 Å². The van der Waals surface area contributed by atoms with Gasteiger partial charge in [0.2, 0.25) is 0 Å². The van der Waals surface area contributed by atoms with E-state index in [4.69, 9.17) is 4.74 Å². The minimum absolute atomic E-state index is 0.00159. The highest BCUT2D eigenvalue weighted by Crippen LogP contribution is 2.51. The summed E-state index contributed by atoms with van der Waals surface area (Å²) in [5.41, 5.74) is 0.442. The fourth-order valence-corrected chi connectivity index (χ4v) is 3.79. The van der Waals surface area contributed by atoms with Gasteiger partial charge in [0.1, 0.15) is 0 Å². The molecule has 1 aliphatic heterocycles. The second-order valence-electron chi connectivity index (χ2n) is 6.80. The van der Waals surface area contributed by atoms with Crippen molar-refractivity contribution in [2.75, 3.05) is 11.9 Å². The number of benzene rings is 1. The third-order valence-corrected chi connectivity index (χ3v) is 4.95. The van der Waals surface area contributed by atoms with Crippen LogP contribution in [0, 0.1) is 21.4 Å². The predicted octanol–water partition coefficient (Wildman–Crippen LogP) is 2.92. The lowest BCUT2D eigenvalue weighted by atomic mass is 9.55. The largest absolute Gasteiger partial charge is 0.377 e. The molecule has 3 rings (SSSR count). The average Bonchev–Trinajstić information content (AvgIpc) is 2.53. The van der Waals surface area contributed by atoms with Gasteiger partial charge in [0.05, 0.1) is 11.0 Å². The summed E-state index contributed by atoms with van der Waals surface area (Å²) >= 11 is 0. The van der Waals surface area contributed by atoms with Gasteiger partial charge in [-0.3, -0.25) is 10.1 Å². The number of hydrogen-bond donors (Lipinski definition) is 2. The highest BCUT2D eigenvalue weighted by Gasteiger charge is 2.58. The van der Waals surface area contributed by atoms with E-state index in [0.717, 1.165) is 19.4 Å². The Balaban J connectivity index is 1.60. The normalized spacial score (nSPS) is 28.2. The monoisotopic (exact) mass is 319 g/mol. The third-order valence-electron chi connectivity index (χ3n) is 4.95. The van der Waals surface area contributed by atoms with Crippen LogP contribution in [0.25, 0.3) is 0 Å². The molecule has 2 amide bonds. The molecule has 7 heteroatoms. The van der Waals surface area contributed by atoms with E-state index in [0.29, 0.717) is 11.6 Å². The number of urea groups is 1. The molecular weight excluding hydrogens is 298 g/mol. The Labute approximate surface area is 134 Å². The Morgan fingerprint density at radius 2 is 2.04 bits per heavy atom. The van der Waals surface area contributed by atoms with Crippen LogP contribution in [0.4, 0.5) is 16.2 Å². The van der Waals surface area contributed by atoms with Gasteiger partial charge in [0.15, 0.2) is 0 Å². The number of rotatable bonds is 3. The second kappa shape index (κ2) is 5.81. The maximum Gasteiger partial charge on any atom is 0.319 e. The third kappa shape index (κ3) is 2.88. The zero-order valence-electron chi connectivity index (χ0n) is 13.2. The van der Waals surface area contributed by atoms with E-state index < -0.39 is 4.92 Å². The second-order valence-corrected chi connectivity index (χ2v) is 6.80. The molecule has 23 heavy (non-hydrogen) atoms. The molecule has 1 aliphatic carbocycles. The van der Waals surface area contributed by atoms with Crippen molar-refractivity contribution in [1.29, 1.82) is 0 Å². The summed E-state index contributed by atoms with van der Waals surface area (Å²) in [5.74, 6) is 0.362. The van der Waals surface area contributed by atoms with Crippen LogP contribution in [0.1, 0.15) is 26.7 Å². The van der Waals surface area contributed by atoms with E-state index in [1.807, 2.05) is 0 Å². The molecule has 1 heterocycles. The smallest absolute Gasteiger partial charge is 0.319 e. The van der Waals surface area contributed by atoms with Gasteiger partial charge in [0, 0.05) is 41.8 Å². The van der Waals surface area contributed by atoms with E-state index >= 15 is 0 Å². The molecular formula is C16H21N3O4. The first-order valence-electron chi connectivity index (χ1n) is 7.83. The van der Waals surface area contributed by atoms with Crippen molar-refractivity contribution >= 4 is 17.4 Å². The zero-order valence-corrected chi connectivity index (χ0v) is 13.2. The molecule has 0 spiro atoms. The first-order chi connectivity index (χ1) is 10.9. The maximum absolute atomic E-state index is 12.2. The number of nitro groups is 1. The SMILES string of the molecule is CC1(C)[C@H](NC(=O)Nc2ccc([N+](=O)[O-])cc2)[C@H]2CCCO[C@@H]21. The van der Waals surface area contributed by atoms with Crippen LogP contribution < -0.4 is 10.6 Å². The summed E-state index contributed by atoms with van der Waals surface area (Å²) in [7, 11) is 0. The van der Waals surface area contributed by atoms with Crippen LogP contribution in [0.5, 0.6) is 0 Å². The summed E-state index contributed by atoms with van der Waals surface area (Å²) < 4.78 is 5.82. The molecule has 1 aromatic rings. The number of nitrogens with one attached hydrogen (secondary N) is 2. The molecule has 0 aromatic heterocycles. The van der Waals surface area contributed by atoms with Gasteiger partial charge >= 0.3 is 6.03 Å². The molecule has 7 nitrogen and oxygen atoms in total. The quantitative estimate of drug-likeness (QED) is 0.661. The molecule has 1 saturated heterocycles. The molecule has 3 atom stereocenters. The standard InChI is InChI=1S/C16H21N3O4/c1-16(2)13(12-4-3-9-23-14(12)16)18-15(20)17-10-5-7-11(8-6-10)19(21)22/h5-8,12-14H,3-4,9H2,1-2H3,(H2,17,18,20)/t12-,13-,14+/m1/s1. The van der Waals surface area contributed by atoms with E-state index in [1.165, 1.54) is 24.3 Å². The van der Waals surface area contributed by atoms with Gasteiger partial charge in [-0.25, -0.2) is 4.79 Å². The number of non-ortho nitro benzene ring substituents is 1. The lowest BCUT2D eigenvalue weighted by Crippen LogP contribution is -2.70. The summed E-state index contributed by atoms with van der Waals surface area (Å²) in [6.45, 7) is 5.01. The Morgan fingerprint density at radius 1 is 1.35 bits per heavy atom. The average molecular weight is 319 g/mol. The van der Waals surface area contributed by atoms with Crippen LogP contribution in [0.2, 0.25) is 0 Å². The van der Waals surface area contributed by atoms with Crippen molar-refractivity contribution in [3.63, 3.8) is 0 Å². The summed E-state index contributed by atoms with van der Waals surface area (Å²) in [6.07, 6.45) is 2.30. The molecule has 1 aromatic carbocycles. The van der Waals surface area contributed by atoms with Crippen molar-refractivity contribution in [2.45, 2.75) is 38.8 Å². The number of nitro benzene ring substituents is 1. The Morgan fingerprint density at radius 3 is 2.70 bits per heavy atom. The fourth-order valence-electron chi connectivity index (χ4n) is 3.79. The van der Waals surface area contributed by atoms with Crippen molar-refractivity contribution in [1.82, 2.24) is 5.32 Å². The van der Waals surface area contributed by atoms with Crippen LogP contribution in [0.3, 0.4) is 0 Å². The highest BCUT2D eigenvalue weighted by atomic mass is 16.6. The van der Waals surface area contributed by atoms with E-state index in [9.17, 15) is 14.9 Å². The number of carbonyl (C=O) groups is 1. The molecule has 0 radical (unpaired) electrons. The predicted molar refractivity (Wildman–Crippen MR) is 85.3 cm³/mol. The van der Waals surface area contributed by atoms with Gasteiger partial charge < -0.3 is 15.4 Å². The van der Waals surface area contributed by atoms with Gasteiger partial charge in [-0.15, -0.1) is 0 Å². The Hall–Kier alpha value is -2.15. The highest BCUT2D eigenvalue weighted by molar-refractivity contribution is 5.89. The molecule has 0 unspecified atom stereocenters. The number of amides is 2. The van der Waals surface area contributed by atoms with Gasteiger partial charge in [-0.05, 0) is 25.0 Å². The molecule has 2 fully saturated rings. The van der Waals surface area contributed by atoms with Crippen LogP contribution in [-0.2, 0) is 4.74 Å². The molecule has 2 aliphatic rings. The van der Waals surface area contributed by atoms with Crippen molar-refractivity contribution < 1.29 is 14.5 Å². The fraction of sp³-hybridized carbons (Fsp3) is 0.562. The molecule has 0 bridgehead atoms. The van der Waals surface area contributed by atoms with Crippen molar-refractivity contribution in [3.8, 4) is 0 Å². The maximum atomic E-state index is 12.2. The number of fused-ring (bicyclic) bond motifs is 1.